The fourth-order valence-electron chi connectivity index (χ4n) is 3.27. The highest BCUT2D eigenvalue weighted by atomic mass is 35.5. The van der Waals surface area contributed by atoms with Gasteiger partial charge < -0.3 is 15.5 Å². The van der Waals surface area contributed by atoms with Gasteiger partial charge in [0, 0.05) is 49.0 Å². The van der Waals surface area contributed by atoms with Crippen molar-refractivity contribution in [1.82, 2.24) is 5.32 Å². The van der Waals surface area contributed by atoms with Crippen LogP contribution in [0.3, 0.4) is 0 Å². The third-order valence-electron chi connectivity index (χ3n) is 5.10. The maximum atomic E-state index is 12.0. The predicted octanol–water partition coefficient (Wildman–Crippen LogP) is 4.69. The van der Waals surface area contributed by atoms with Gasteiger partial charge in [0.15, 0.2) is 0 Å². The molecule has 1 aliphatic rings. The predicted molar refractivity (Wildman–Crippen MR) is 113 cm³/mol. The Balaban J connectivity index is 1.37. The maximum Gasteiger partial charge on any atom is 0.222 e. The van der Waals surface area contributed by atoms with Gasteiger partial charge in [-0.3, -0.25) is 4.79 Å². The number of nitrogens with one attached hydrogen (secondary N) is 2. The fraction of sp³-hybridized carbons (Fsp3) is 0.409. The van der Waals surface area contributed by atoms with Crippen molar-refractivity contribution in [3.05, 3.63) is 59.1 Å². The summed E-state index contributed by atoms with van der Waals surface area (Å²) < 4.78 is 0. The molecule has 1 fully saturated rings. The Hall–Kier alpha value is -2.20. The van der Waals surface area contributed by atoms with Gasteiger partial charge in [-0.25, -0.2) is 0 Å². The number of carbonyl (C=O) groups is 1. The van der Waals surface area contributed by atoms with Crippen molar-refractivity contribution < 1.29 is 4.79 Å². The average molecular weight is 386 g/mol. The number of hydrogen-bond acceptors (Lipinski definition) is 3. The van der Waals surface area contributed by atoms with Gasteiger partial charge in [0.1, 0.15) is 0 Å². The lowest BCUT2D eigenvalue weighted by molar-refractivity contribution is -0.121. The van der Waals surface area contributed by atoms with Crippen LogP contribution < -0.4 is 15.5 Å². The van der Waals surface area contributed by atoms with Gasteiger partial charge in [-0.2, -0.15) is 0 Å². The molecule has 144 valence electrons. The largest absolute Gasteiger partial charge is 0.385 e. The quantitative estimate of drug-likeness (QED) is 0.726. The summed E-state index contributed by atoms with van der Waals surface area (Å²) >= 11 is 5.86. The van der Waals surface area contributed by atoms with E-state index in [-0.39, 0.29) is 5.91 Å². The van der Waals surface area contributed by atoms with E-state index in [1.165, 1.54) is 18.5 Å². The summed E-state index contributed by atoms with van der Waals surface area (Å²) in [5.74, 6) is 0.879. The number of benzene rings is 2. The van der Waals surface area contributed by atoms with E-state index in [0.717, 1.165) is 30.3 Å². The Morgan fingerprint density at radius 1 is 1.07 bits per heavy atom. The van der Waals surface area contributed by atoms with Gasteiger partial charge in [-0.15, -0.1) is 0 Å². The normalized spacial score (nSPS) is 14.8. The zero-order valence-electron chi connectivity index (χ0n) is 15.9. The van der Waals surface area contributed by atoms with Crippen LogP contribution in [-0.4, -0.2) is 25.5 Å². The lowest BCUT2D eigenvalue weighted by Gasteiger charge is -2.32. The third-order valence-corrected chi connectivity index (χ3v) is 5.35. The number of rotatable bonds is 7. The molecule has 2 aromatic carbocycles. The van der Waals surface area contributed by atoms with Crippen molar-refractivity contribution in [1.29, 1.82) is 0 Å². The van der Waals surface area contributed by atoms with Gasteiger partial charge in [-0.1, -0.05) is 30.7 Å². The molecule has 0 aromatic heterocycles. The zero-order chi connectivity index (χ0) is 19.1. The van der Waals surface area contributed by atoms with Crippen LogP contribution in [0, 0.1) is 5.92 Å². The minimum atomic E-state index is 0.0384. The molecule has 1 aliphatic heterocycles. The molecule has 0 saturated carbocycles. The molecule has 0 unspecified atom stereocenters. The summed E-state index contributed by atoms with van der Waals surface area (Å²) in [6.07, 6.45) is 2.98. The molecular weight excluding hydrogens is 358 g/mol. The van der Waals surface area contributed by atoms with Crippen molar-refractivity contribution in [3.8, 4) is 0 Å². The first-order valence-corrected chi connectivity index (χ1v) is 10.1. The Morgan fingerprint density at radius 2 is 1.74 bits per heavy atom. The van der Waals surface area contributed by atoms with Crippen molar-refractivity contribution >= 4 is 28.9 Å². The van der Waals surface area contributed by atoms with Crippen molar-refractivity contribution in [2.45, 2.75) is 32.7 Å². The Morgan fingerprint density at radius 3 is 2.41 bits per heavy atom. The number of amides is 1. The van der Waals surface area contributed by atoms with E-state index in [9.17, 15) is 4.79 Å². The molecule has 0 radical (unpaired) electrons. The SMILES string of the molecule is CC1CCN(c2ccc(NCCC(=O)NCc3ccc(Cl)cc3)cc2)CC1. The van der Waals surface area contributed by atoms with Gasteiger partial charge in [0.2, 0.25) is 5.91 Å². The molecular formula is C22H28ClN3O. The monoisotopic (exact) mass is 385 g/mol. The minimum Gasteiger partial charge on any atom is -0.385 e. The van der Waals surface area contributed by atoms with Crippen LogP contribution in [0.4, 0.5) is 11.4 Å². The summed E-state index contributed by atoms with van der Waals surface area (Å²) in [5.41, 5.74) is 3.38. The number of hydrogen-bond donors (Lipinski definition) is 2. The van der Waals surface area contributed by atoms with E-state index < -0.39 is 0 Å². The van der Waals surface area contributed by atoms with Crippen LogP contribution in [0.1, 0.15) is 31.7 Å². The standard InChI is InChI=1S/C22H28ClN3O/c1-17-11-14-26(15-12-17)21-8-6-20(7-9-21)24-13-10-22(27)25-16-18-2-4-19(23)5-3-18/h2-9,17,24H,10-16H2,1H3,(H,25,27). The second-order valence-corrected chi connectivity index (χ2v) is 7.73. The minimum absolute atomic E-state index is 0.0384. The maximum absolute atomic E-state index is 12.0. The fourth-order valence-corrected chi connectivity index (χ4v) is 3.39. The third kappa shape index (κ3) is 6.17. The van der Waals surface area contributed by atoms with Gasteiger partial charge in [-0.05, 0) is 60.7 Å². The highest BCUT2D eigenvalue weighted by molar-refractivity contribution is 6.30. The number of halogens is 1. The highest BCUT2D eigenvalue weighted by Crippen LogP contribution is 2.24. The first-order valence-electron chi connectivity index (χ1n) is 9.70. The van der Waals surface area contributed by atoms with Crippen LogP contribution in [0.15, 0.2) is 48.5 Å². The molecule has 4 nitrogen and oxygen atoms in total. The van der Waals surface area contributed by atoms with Crippen LogP contribution in [0.2, 0.25) is 5.02 Å². The Kier molecular flexibility index (Phi) is 6.99. The topological polar surface area (TPSA) is 44.4 Å². The molecule has 1 amide bonds. The van der Waals surface area contributed by atoms with Crippen molar-refractivity contribution in [2.24, 2.45) is 5.92 Å². The molecule has 0 aliphatic carbocycles. The van der Waals surface area contributed by atoms with Gasteiger partial charge >= 0.3 is 0 Å². The summed E-state index contributed by atoms with van der Waals surface area (Å²) in [4.78, 5) is 14.4. The van der Waals surface area contributed by atoms with E-state index in [4.69, 9.17) is 11.6 Å². The molecule has 0 bridgehead atoms. The first-order chi connectivity index (χ1) is 13.1. The molecule has 27 heavy (non-hydrogen) atoms. The summed E-state index contributed by atoms with van der Waals surface area (Å²) in [6.45, 7) is 5.76. The number of piperidine rings is 1. The second kappa shape index (κ2) is 9.65. The van der Waals surface area contributed by atoms with Crippen LogP contribution >= 0.6 is 11.6 Å². The number of nitrogens with zero attached hydrogens (tertiary/aromatic N) is 1. The Bertz CT molecular complexity index is 722. The van der Waals surface area contributed by atoms with E-state index in [1.807, 2.05) is 24.3 Å². The average Bonchev–Trinajstić information content (AvgIpc) is 2.69. The molecule has 5 heteroatoms. The van der Waals surface area contributed by atoms with Crippen LogP contribution in [0.5, 0.6) is 0 Å². The van der Waals surface area contributed by atoms with E-state index in [2.05, 4.69) is 46.7 Å². The molecule has 2 N–H and O–H groups in total. The highest BCUT2D eigenvalue weighted by Gasteiger charge is 2.15. The second-order valence-electron chi connectivity index (χ2n) is 7.30. The summed E-state index contributed by atoms with van der Waals surface area (Å²) in [7, 11) is 0. The van der Waals surface area contributed by atoms with Gasteiger partial charge in [0.25, 0.3) is 0 Å². The first kappa shape index (κ1) is 19.6. The molecule has 1 heterocycles. The molecule has 0 spiro atoms. The lowest BCUT2D eigenvalue weighted by atomic mass is 9.99. The summed E-state index contributed by atoms with van der Waals surface area (Å²) in [6, 6.07) is 16.0. The molecule has 3 rings (SSSR count). The molecule has 2 aromatic rings. The summed E-state index contributed by atoms with van der Waals surface area (Å²) in [5, 5.41) is 6.96. The smallest absolute Gasteiger partial charge is 0.222 e. The lowest BCUT2D eigenvalue weighted by Crippen LogP contribution is -2.32. The molecule has 0 atom stereocenters. The number of carbonyl (C=O) groups excluding carboxylic acids is 1. The van der Waals surface area contributed by atoms with Crippen molar-refractivity contribution in [3.63, 3.8) is 0 Å². The van der Waals surface area contributed by atoms with E-state index in [1.54, 1.807) is 0 Å². The van der Waals surface area contributed by atoms with Crippen LogP contribution in [-0.2, 0) is 11.3 Å². The van der Waals surface area contributed by atoms with E-state index in [0.29, 0.717) is 24.5 Å². The zero-order valence-corrected chi connectivity index (χ0v) is 16.6. The van der Waals surface area contributed by atoms with Gasteiger partial charge in [0.05, 0.1) is 0 Å². The van der Waals surface area contributed by atoms with Crippen molar-refractivity contribution in [2.75, 3.05) is 29.9 Å². The number of anilines is 2. The molecule has 1 saturated heterocycles. The van der Waals surface area contributed by atoms with E-state index >= 15 is 0 Å². The van der Waals surface area contributed by atoms with Crippen LogP contribution in [0.25, 0.3) is 0 Å². The Labute approximate surface area is 166 Å².